The van der Waals surface area contributed by atoms with Crippen molar-refractivity contribution in [3.8, 4) is 39.3 Å². The highest BCUT2D eigenvalue weighted by Crippen LogP contribution is 2.55. The van der Waals surface area contributed by atoms with Crippen LogP contribution in [0.5, 0.6) is 0 Å². The number of rotatable bonds is 5. The minimum Gasteiger partial charge on any atom is -0.309 e. The zero-order valence-electron chi connectivity index (χ0n) is 30.0. The van der Waals surface area contributed by atoms with Gasteiger partial charge in [-0.15, -0.1) is 0 Å². The molecule has 4 nitrogen and oxygen atoms in total. The van der Waals surface area contributed by atoms with Crippen LogP contribution in [-0.4, -0.2) is 9.78 Å². The molecule has 0 bridgehead atoms. The molecule has 0 aliphatic carbocycles. The van der Waals surface area contributed by atoms with Crippen LogP contribution < -0.4 is 4.90 Å². The van der Waals surface area contributed by atoms with Crippen LogP contribution in [0.25, 0.3) is 44.2 Å². The number of hydrogen-bond acceptors (Lipinski definition) is 2. The first-order valence-corrected chi connectivity index (χ1v) is 17.5. The fourth-order valence-electron chi connectivity index (χ4n) is 8.08. The summed E-state index contributed by atoms with van der Waals surface area (Å²) in [7, 11) is 0. The van der Waals surface area contributed by atoms with E-state index in [1.807, 2.05) is 6.07 Å². The van der Waals surface area contributed by atoms with E-state index < -0.39 is 0 Å². The first kappa shape index (κ1) is 32.0. The Morgan fingerprint density at radius 1 is 0.569 bits per heavy atom. The maximum atomic E-state index is 7.80. The highest BCUT2D eigenvalue weighted by atomic mass is 15.3. The minimum absolute atomic E-state index is 0.268. The minimum atomic E-state index is -0.268. The monoisotopic (exact) mass is 660 g/mol. The lowest BCUT2D eigenvalue weighted by Crippen LogP contribution is -2.31. The van der Waals surface area contributed by atoms with Gasteiger partial charge in [0.25, 0.3) is 0 Å². The maximum Gasteiger partial charge on any atom is 0.187 e. The smallest absolute Gasteiger partial charge is 0.187 e. The van der Waals surface area contributed by atoms with Gasteiger partial charge in [0.1, 0.15) is 5.69 Å². The fraction of sp³-hybridized carbons (Fsp3) is 0.149. The molecular weight excluding hydrogens is 621 g/mol. The Bertz CT molecular complexity index is 2450. The van der Waals surface area contributed by atoms with E-state index in [9.17, 15) is 0 Å². The summed E-state index contributed by atoms with van der Waals surface area (Å²) in [4.78, 5) is 6.27. The van der Waals surface area contributed by atoms with Crippen molar-refractivity contribution in [3.05, 3.63) is 178 Å². The van der Waals surface area contributed by atoms with Gasteiger partial charge in [-0.2, -0.15) is 5.10 Å². The van der Waals surface area contributed by atoms with E-state index in [1.165, 1.54) is 44.8 Å². The van der Waals surface area contributed by atoms with Crippen molar-refractivity contribution in [1.82, 2.24) is 9.78 Å². The average molecular weight is 661 g/mol. The second kappa shape index (κ2) is 12.3. The first-order valence-electron chi connectivity index (χ1n) is 17.5. The molecule has 4 heteroatoms. The first-order chi connectivity index (χ1) is 24.7. The summed E-state index contributed by atoms with van der Waals surface area (Å²) >= 11 is 0. The van der Waals surface area contributed by atoms with Gasteiger partial charge in [-0.1, -0.05) is 123 Å². The van der Waals surface area contributed by atoms with Gasteiger partial charge in [0.05, 0.1) is 29.3 Å². The van der Waals surface area contributed by atoms with Crippen molar-refractivity contribution < 1.29 is 0 Å². The van der Waals surface area contributed by atoms with Gasteiger partial charge in [-0.3, -0.25) is 0 Å². The van der Waals surface area contributed by atoms with Crippen molar-refractivity contribution in [3.63, 3.8) is 0 Å². The van der Waals surface area contributed by atoms with Crippen molar-refractivity contribution in [2.75, 3.05) is 4.90 Å². The molecule has 8 rings (SSSR count). The van der Waals surface area contributed by atoms with Gasteiger partial charge in [0.15, 0.2) is 5.69 Å². The molecule has 0 saturated carbocycles. The number of nitrogens with zero attached hydrogens (tertiary/aromatic N) is 4. The molecule has 0 fully saturated rings. The number of anilines is 3. The van der Waals surface area contributed by atoms with Crippen LogP contribution >= 0.6 is 0 Å². The summed E-state index contributed by atoms with van der Waals surface area (Å²) in [6.07, 6.45) is 0. The van der Waals surface area contributed by atoms with Crippen LogP contribution in [0.1, 0.15) is 47.2 Å². The number of fused-ring (bicyclic) bond motifs is 2. The second-order valence-electron chi connectivity index (χ2n) is 14.1. The SMILES string of the molecule is [C-]#[N+]c1ccc2c(c1)C(C)(C)c1ccccc1N2c1c(C)c(C)c(-c2c(-c3ccccc3)nn(-c3ccccc3)c2-c2ccccc2)c(C)c1C. The summed E-state index contributed by atoms with van der Waals surface area (Å²) in [5.74, 6) is 0. The van der Waals surface area contributed by atoms with Crippen LogP contribution in [0, 0.1) is 34.3 Å². The van der Waals surface area contributed by atoms with Crippen LogP contribution in [0.15, 0.2) is 133 Å². The van der Waals surface area contributed by atoms with E-state index in [0.29, 0.717) is 5.69 Å². The molecule has 248 valence electrons. The van der Waals surface area contributed by atoms with E-state index in [4.69, 9.17) is 11.7 Å². The summed E-state index contributed by atoms with van der Waals surface area (Å²) < 4.78 is 2.12. The number of aromatic nitrogens is 2. The molecule has 6 aromatic carbocycles. The van der Waals surface area contributed by atoms with Crippen molar-refractivity contribution in [2.24, 2.45) is 0 Å². The Morgan fingerprint density at radius 2 is 1.12 bits per heavy atom. The van der Waals surface area contributed by atoms with E-state index >= 15 is 0 Å². The van der Waals surface area contributed by atoms with Crippen LogP contribution in [-0.2, 0) is 5.41 Å². The Hall–Kier alpha value is -6.18. The van der Waals surface area contributed by atoms with Gasteiger partial charge in [0, 0.05) is 27.8 Å². The van der Waals surface area contributed by atoms with E-state index in [-0.39, 0.29) is 5.41 Å². The molecule has 1 aromatic heterocycles. The Kier molecular flexibility index (Phi) is 7.73. The van der Waals surface area contributed by atoms with Crippen molar-refractivity contribution in [1.29, 1.82) is 0 Å². The average Bonchev–Trinajstić information content (AvgIpc) is 3.56. The van der Waals surface area contributed by atoms with Crippen LogP contribution in [0.3, 0.4) is 0 Å². The molecule has 0 radical (unpaired) electrons. The molecule has 0 atom stereocenters. The molecule has 0 spiro atoms. The van der Waals surface area contributed by atoms with E-state index in [0.717, 1.165) is 45.0 Å². The molecule has 0 amide bonds. The maximum absolute atomic E-state index is 7.80. The lowest BCUT2D eigenvalue weighted by atomic mass is 9.73. The predicted molar refractivity (Wildman–Crippen MR) is 212 cm³/mol. The second-order valence-corrected chi connectivity index (χ2v) is 14.1. The third-order valence-electron chi connectivity index (χ3n) is 10.9. The Balaban J connectivity index is 1.46. The number of para-hydroxylation sites is 2. The third kappa shape index (κ3) is 5.00. The largest absolute Gasteiger partial charge is 0.309 e. The molecule has 1 aliphatic rings. The summed E-state index contributed by atoms with van der Waals surface area (Å²) in [6.45, 7) is 21.4. The van der Waals surface area contributed by atoms with Crippen molar-refractivity contribution >= 4 is 22.7 Å². The standard InChI is InChI=1S/C47H40N4/c1-30-32(3)45(50-40-26-18-17-25-38(40)47(5,6)39-29-36(48-7)27-28-41(39)50)33(4)31(2)42(30)43-44(34-19-11-8-12-20-34)49-51(37-23-15-10-16-24-37)46(43)35-21-13-9-14-22-35/h8-29H,1-6H3. The van der Waals surface area contributed by atoms with Crippen molar-refractivity contribution in [2.45, 2.75) is 47.0 Å². The molecule has 0 saturated heterocycles. The molecular formula is C47H40N4. The highest BCUT2D eigenvalue weighted by molar-refractivity contribution is 5.98. The molecule has 0 unspecified atom stereocenters. The van der Waals surface area contributed by atoms with Gasteiger partial charge < -0.3 is 4.90 Å². The number of benzene rings is 6. The summed E-state index contributed by atoms with van der Waals surface area (Å²) in [5.41, 5.74) is 18.7. The fourth-order valence-corrected chi connectivity index (χ4v) is 8.08. The molecule has 51 heavy (non-hydrogen) atoms. The third-order valence-corrected chi connectivity index (χ3v) is 10.9. The molecule has 7 aromatic rings. The molecule has 1 aliphatic heterocycles. The van der Waals surface area contributed by atoms with Crippen LogP contribution in [0.4, 0.5) is 22.7 Å². The quantitative estimate of drug-likeness (QED) is 0.172. The molecule has 0 N–H and O–H groups in total. The lowest BCUT2D eigenvalue weighted by Gasteiger charge is -2.43. The predicted octanol–water partition coefficient (Wildman–Crippen LogP) is 12.8. The highest BCUT2D eigenvalue weighted by Gasteiger charge is 2.38. The van der Waals surface area contributed by atoms with Gasteiger partial charge in [-0.05, 0) is 90.9 Å². The normalized spacial score (nSPS) is 13.0. The zero-order chi connectivity index (χ0) is 35.4. The number of hydrogen-bond donors (Lipinski definition) is 0. The zero-order valence-corrected chi connectivity index (χ0v) is 30.0. The van der Waals surface area contributed by atoms with E-state index in [2.05, 4.69) is 183 Å². The Morgan fingerprint density at radius 3 is 1.75 bits per heavy atom. The van der Waals surface area contributed by atoms with Crippen LogP contribution in [0.2, 0.25) is 0 Å². The van der Waals surface area contributed by atoms with Gasteiger partial charge >= 0.3 is 0 Å². The Labute approximate surface area is 301 Å². The van der Waals surface area contributed by atoms with Gasteiger partial charge in [0.2, 0.25) is 0 Å². The lowest BCUT2D eigenvalue weighted by molar-refractivity contribution is 0.632. The summed E-state index contributed by atoms with van der Waals surface area (Å²) in [6, 6.07) is 46.6. The molecule has 2 heterocycles. The summed E-state index contributed by atoms with van der Waals surface area (Å²) in [5, 5.41) is 5.43. The topological polar surface area (TPSA) is 25.4 Å². The van der Waals surface area contributed by atoms with Gasteiger partial charge in [-0.25, -0.2) is 9.53 Å². The van der Waals surface area contributed by atoms with E-state index in [1.54, 1.807) is 0 Å².